The number of halogens is 1. The predicted octanol–water partition coefficient (Wildman–Crippen LogP) is 2.24. The molecule has 0 aromatic heterocycles. The van der Waals surface area contributed by atoms with Gasteiger partial charge in [-0.15, -0.1) is 0 Å². The average molecular weight is 301 g/mol. The van der Waals surface area contributed by atoms with Gasteiger partial charge in [-0.25, -0.2) is 0 Å². The Labute approximate surface area is 122 Å². The molecule has 1 aliphatic rings. The maximum absolute atomic E-state index is 11.8. The van der Waals surface area contributed by atoms with Gasteiger partial charge in [-0.2, -0.15) is 11.8 Å². The molecular weight excluding hydrogens is 284 g/mol. The summed E-state index contributed by atoms with van der Waals surface area (Å²) in [4.78, 5) is 11.8. The first kappa shape index (κ1) is 14.5. The Kier molecular flexibility index (Phi) is 5.36. The minimum Gasteiger partial charge on any atom is -0.495 e. The number of thioether (sulfide) groups is 1. The fraction of sp³-hybridized carbons (Fsp3) is 0.462. The van der Waals surface area contributed by atoms with E-state index in [0.29, 0.717) is 28.1 Å². The van der Waals surface area contributed by atoms with E-state index < -0.39 is 0 Å². The van der Waals surface area contributed by atoms with Crippen molar-refractivity contribution in [3.8, 4) is 5.75 Å². The van der Waals surface area contributed by atoms with Crippen LogP contribution in [0.15, 0.2) is 18.2 Å². The van der Waals surface area contributed by atoms with Gasteiger partial charge in [0.05, 0.1) is 18.6 Å². The molecule has 1 aromatic rings. The molecule has 0 bridgehead atoms. The van der Waals surface area contributed by atoms with E-state index in [2.05, 4.69) is 10.6 Å². The van der Waals surface area contributed by atoms with Crippen LogP contribution in [-0.4, -0.2) is 37.6 Å². The molecule has 1 aromatic carbocycles. The lowest BCUT2D eigenvalue weighted by Crippen LogP contribution is -2.43. The van der Waals surface area contributed by atoms with Crippen molar-refractivity contribution in [1.82, 2.24) is 5.32 Å². The van der Waals surface area contributed by atoms with Crippen molar-refractivity contribution in [2.75, 3.05) is 37.0 Å². The number of rotatable bonds is 6. The summed E-state index contributed by atoms with van der Waals surface area (Å²) in [7, 11) is 1.57. The van der Waals surface area contributed by atoms with Gasteiger partial charge in [0.15, 0.2) is 0 Å². The molecule has 2 N–H and O–H groups in total. The number of amides is 1. The molecule has 19 heavy (non-hydrogen) atoms. The number of ether oxygens (including phenoxy) is 1. The van der Waals surface area contributed by atoms with Gasteiger partial charge in [0.2, 0.25) is 5.91 Å². The minimum absolute atomic E-state index is 0.0298. The summed E-state index contributed by atoms with van der Waals surface area (Å²) in [6, 6.07) is 5.16. The highest BCUT2D eigenvalue weighted by Gasteiger charge is 2.17. The number of carbonyl (C=O) groups is 1. The third kappa shape index (κ3) is 4.30. The molecular formula is C13H17ClN2O2S. The van der Waals surface area contributed by atoms with Gasteiger partial charge in [-0.05, 0) is 43.0 Å². The van der Waals surface area contributed by atoms with Crippen LogP contribution in [0.4, 0.5) is 5.69 Å². The zero-order valence-corrected chi connectivity index (χ0v) is 12.3. The van der Waals surface area contributed by atoms with Crippen molar-refractivity contribution in [3.05, 3.63) is 23.2 Å². The molecule has 0 aliphatic carbocycles. The molecule has 1 fully saturated rings. The van der Waals surface area contributed by atoms with E-state index >= 15 is 0 Å². The molecule has 0 saturated carbocycles. The lowest BCUT2D eigenvalue weighted by atomic mass is 10.1. The van der Waals surface area contributed by atoms with E-state index in [0.717, 1.165) is 18.8 Å². The quantitative estimate of drug-likeness (QED) is 0.846. The van der Waals surface area contributed by atoms with Gasteiger partial charge >= 0.3 is 0 Å². The summed E-state index contributed by atoms with van der Waals surface area (Å²) >= 11 is 7.57. The number of hydrogen-bond acceptors (Lipinski definition) is 4. The molecule has 104 valence electrons. The molecule has 0 unspecified atom stereocenters. The van der Waals surface area contributed by atoms with Crippen molar-refractivity contribution in [2.24, 2.45) is 5.92 Å². The summed E-state index contributed by atoms with van der Waals surface area (Å²) in [6.45, 7) is 2.13. The molecule has 4 nitrogen and oxygen atoms in total. The van der Waals surface area contributed by atoms with Crippen LogP contribution in [0.25, 0.3) is 0 Å². The maximum atomic E-state index is 11.8. The van der Waals surface area contributed by atoms with Gasteiger partial charge < -0.3 is 15.4 Å². The van der Waals surface area contributed by atoms with Gasteiger partial charge in [0.1, 0.15) is 5.75 Å². The Morgan fingerprint density at radius 1 is 1.58 bits per heavy atom. The molecule has 1 aliphatic heterocycles. The average Bonchev–Trinajstić information content (AvgIpc) is 2.32. The first-order valence-electron chi connectivity index (χ1n) is 6.11. The Hall–Kier alpha value is -0.910. The van der Waals surface area contributed by atoms with Crippen LogP contribution in [0.2, 0.25) is 5.02 Å². The van der Waals surface area contributed by atoms with E-state index in [1.807, 2.05) is 0 Å². The van der Waals surface area contributed by atoms with E-state index in [9.17, 15) is 4.79 Å². The van der Waals surface area contributed by atoms with Crippen LogP contribution in [0.3, 0.4) is 0 Å². The summed E-state index contributed by atoms with van der Waals surface area (Å²) < 4.78 is 5.18. The highest BCUT2D eigenvalue weighted by atomic mass is 35.5. The zero-order valence-electron chi connectivity index (χ0n) is 10.7. The molecule has 2 rings (SSSR count). The van der Waals surface area contributed by atoms with Crippen LogP contribution in [-0.2, 0) is 4.79 Å². The van der Waals surface area contributed by atoms with Crippen LogP contribution in [0.1, 0.15) is 0 Å². The highest BCUT2D eigenvalue weighted by Crippen LogP contribution is 2.27. The third-order valence-corrected chi connectivity index (χ3v) is 4.30. The predicted molar refractivity (Wildman–Crippen MR) is 80.3 cm³/mol. The Morgan fingerprint density at radius 2 is 2.37 bits per heavy atom. The van der Waals surface area contributed by atoms with Gasteiger partial charge in [-0.3, -0.25) is 4.79 Å². The number of nitrogens with one attached hydrogen (secondary N) is 2. The Morgan fingerprint density at radius 3 is 3.00 bits per heavy atom. The standard InChI is InChI=1S/C13H17ClN2O2S/c1-18-12-3-2-10(14)4-11(12)16-13(17)8-19-7-9-5-15-6-9/h2-4,9,15H,5-8H2,1H3,(H,16,17). The Bertz CT molecular complexity index is 452. The third-order valence-electron chi connectivity index (χ3n) is 2.89. The fourth-order valence-corrected chi connectivity index (χ4v) is 2.87. The van der Waals surface area contributed by atoms with Crippen molar-refractivity contribution >= 4 is 35.0 Å². The lowest BCUT2D eigenvalue weighted by molar-refractivity contribution is -0.113. The zero-order chi connectivity index (χ0) is 13.7. The van der Waals surface area contributed by atoms with Crippen LogP contribution < -0.4 is 15.4 Å². The first-order chi connectivity index (χ1) is 9.19. The maximum Gasteiger partial charge on any atom is 0.234 e. The normalized spacial score (nSPS) is 14.8. The van der Waals surface area contributed by atoms with Crippen LogP contribution >= 0.6 is 23.4 Å². The lowest BCUT2D eigenvalue weighted by Gasteiger charge is -2.26. The summed E-state index contributed by atoms with van der Waals surface area (Å²) in [5, 5.41) is 6.62. The van der Waals surface area contributed by atoms with Crippen molar-refractivity contribution in [1.29, 1.82) is 0 Å². The van der Waals surface area contributed by atoms with E-state index in [1.54, 1.807) is 37.1 Å². The number of carbonyl (C=O) groups excluding carboxylic acids is 1. The summed E-state index contributed by atoms with van der Waals surface area (Å²) in [6.07, 6.45) is 0. The van der Waals surface area contributed by atoms with Crippen LogP contribution in [0, 0.1) is 5.92 Å². The minimum atomic E-state index is -0.0298. The van der Waals surface area contributed by atoms with Gasteiger partial charge in [0, 0.05) is 5.02 Å². The molecule has 0 spiro atoms. The van der Waals surface area contributed by atoms with E-state index in [1.165, 1.54) is 0 Å². The fourth-order valence-electron chi connectivity index (χ4n) is 1.75. The van der Waals surface area contributed by atoms with Crippen molar-refractivity contribution in [2.45, 2.75) is 0 Å². The van der Waals surface area contributed by atoms with Gasteiger partial charge in [-0.1, -0.05) is 11.6 Å². The second-order valence-corrected chi connectivity index (χ2v) is 5.90. The molecule has 6 heteroatoms. The van der Waals surface area contributed by atoms with E-state index in [-0.39, 0.29) is 5.91 Å². The van der Waals surface area contributed by atoms with Crippen molar-refractivity contribution < 1.29 is 9.53 Å². The number of anilines is 1. The second-order valence-electron chi connectivity index (χ2n) is 4.43. The molecule has 1 heterocycles. The van der Waals surface area contributed by atoms with E-state index in [4.69, 9.17) is 16.3 Å². The molecule has 0 radical (unpaired) electrons. The molecule has 1 saturated heterocycles. The largest absolute Gasteiger partial charge is 0.495 e. The van der Waals surface area contributed by atoms with Crippen molar-refractivity contribution in [3.63, 3.8) is 0 Å². The topological polar surface area (TPSA) is 50.4 Å². The smallest absolute Gasteiger partial charge is 0.234 e. The van der Waals surface area contributed by atoms with Crippen LogP contribution in [0.5, 0.6) is 5.75 Å². The SMILES string of the molecule is COc1ccc(Cl)cc1NC(=O)CSCC1CNC1. The highest BCUT2D eigenvalue weighted by molar-refractivity contribution is 7.99. The molecule has 1 amide bonds. The Balaban J connectivity index is 1.81. The number of methoxy groups -OCH3 is 1. The number of hydrogen-bond donors (Lipinski definition) is 2. The molecule has 0 atom stereocenters. The number of benzene rings is 1. The first-order valence-corrected chi connectivity index (χ1v) is 7.64. The summed E-state index contributed by atoms with van der Waals surface area (Å²) in [5.74, 6) is 2.77. The second kappa shape index (κ2) is 7.03. The summed E-state index contributed by atoms with van der Waals surface area (Å²) in [5.41, 5.74) is 0.617. The monoisotopic (exact) mass is 300 g/mol. The van der Waals surface area contributed by atoms with Gasteiger partial charge in [0.25, 0.3) is 0 Å².